The van der Waals surface area contributed by atoms with E-state index in [4.69, 9.17) is 0 Å². The number of rotatable bonds is 6. The third kappa shape index (κ3) is 3.82. The second kappa shape index (κ2) is 7.61. The Morgan fingerprint density at radius 3 is 2.85 bits per heavy atom. The first-order chi connectivity index (χ1) is 12.7. The fraction of sp³-hybridized carbons (Fsp3) is 0.222. The van der Waals surface area contributed by atoms with Crippen molar-refractivity contribution in [1.29, 1.82) is 0 Å². The minimum Gasteiger partial charge on any atom is -0.288 e. The van der Waals surface area contributed by atoms with E-state index in [1.54, 1.807) is 0 Å². The van der Waals surface area contributed by atoms with E-state index in [2.05, 4.69) is 64.7 Å². The number of halogens is 1. The van der Waals surface area contributed by atoms with E-state index in [1.165, 1.54) is 22.0 Å². The maximum absolute atomic E-state index is 4.56. The molecule has 0 fully saturated rings. The van der Waals surface area contributed by atoms with Crippen LogP contribution in [0.1, 0.15) is 22.0 Å². The second-order valence-electron chi connectivity index (χ2n) is 6.07. The Hall–Kier alpha value is -2.16. The van der Waals surface area contributed by atoms with Gasteiger partial charge in [-0.15, -0.1) is 10.2 Å². The molecule has 0 bridgehead atoms. The predicted molar refractivity (Wildman–Crippen MR) is 105 cm³/mol. The Morgan fingerprint density at radius 1 is 1.12 bits per heavy atom. The normalized spacial score (nSPS) is 11.5. The molecule has 3 heterocycles. The van der Waals surface area contributed by atoms with Crippen LogP contribution in [0.4, 0.5) is 0 Å². The summed E-state index contributed by atoms with van der Waals surface area (Å²) >= 11 is 5.08. The van der Waals surface area contributed by atoms with Gasteiger partial charge in [-0.25, -0.2) is 4.37 Å². The highest BCUT2D eigenvalue weighted by Gasteiger charge is 2.14. The number of hydrogen-bond acceptors (Lipinski definition) is 6. The van der Waals surface area contributed by atoms with E-state index in [9.17, 15) is 0 Å². The second-order valence-corrected chi connectivity index (χ2v) is 7.90. The molecule has 0 amide bonds. The fourth-order valence-corrected chi connectivity index (χ4v) is 3.99. The van der Waals surface area contributed by atoms with Gasteiger partial charge in [0.1, 0.15) is 5.82 Å². The van der Waals surface area contributed by atoms with Crippen molar-refractivity contribution in [1.82, 2.24) is 28.9 Å². The molecule has 0 unspecified atom stereocenters. The molecule has 26 heavy (non-hydrogen) atoms. The van der Waals surface area contributed by atoms with Gasteiger partial charge in [-0.3, -0.25) is 14.3 Å². The Kier molecular flexibility index (Phi) is 5.05. The summed E-state index contributed by atoms with van der Waals surface area (Å²) in [6.45, 7) is 4.26. The predicted octanol–water partition coefficient (Wildman–Crippen LogP) is 3.85. The number of hydrogen-bond donors (Lipinski definition) is 0. The van der Waals surface area contributed by atoms with Crippen molar-refractivity contribution in [2.75, 3.05) is 0 Å². The van der Waals surface area contributed by atoms with Crippen molar-refractivity contribution in [3.05, 3.63) is 75.4 Å². The van der Waals surface area contributed by atoms with E-state index in [0.29, 0.717) is 6.54 Å². The van der Waals surface area contributed by atoms with Crippen LogP contribution in [0.15, 0.2) is 53.4 Å². The topological polar surface area (TPSA) is 59.2 Å². The maximum Gasteiger partial charge on any atom is 0.183 e. The number of aryl methyl sites for hydroxylation is 1. The molecule has 132 valence electrons. The van der Waals surface area contributed by atoms with Gasteiger partial charge in [0, 0.05) is 47.6 Å². The summed E-state index contributed by atoms with van der Waals surface area (Å²) in [5.74, 6) is 0.865. The number of fused-ring (bicyclic) bond motifs is 1. The van der Waals surface area contributed by atoms with Crippen LogP contribution in [0.5, 0.6) is 0 Å². The molecular weight excluding hydrogens is 412 g/mol. The van der Waals surface area contributed by atoms with Crippen molar-refractivity contribution in [3.8, 4) is 0 Å². The number of benzene rings is 1. The highest BCUT2D eigenvalue weighted by molar-refractivity contribution is 9.10. The van der Waals surface area contributed by atoms with Gasteiger partial charge in [-0.05, 0) is 42.2 Å². The molecule has 0 atom stereocenters. The first kappa shape index (κ1) is 17.3. The van der Waals surface area contributed by atoms with Crippen LogP contribution in [0.25, 0.3) is 5.65 Å². The zero-order valence-corrected chi connectivity index (χ0v) is 16.6. The van der Waals surface area contributed by atoms with Gasteiger partial charge in [0.25, 0.3) is 0 Å². The molecule has 0 N–H and O–H groups in total. The van der Waals surface area contributed by atoms with Gasteiger partial charge in [0.15, 0.2) is 5.65 Å². The van der Waals surface area contributed by atoms with Crippen LogP contribution in [0.2, 0.25) is 0 Å². The van der Waals surface area contributed by atoms with Crippen molar-refractivity contribution < 1.29 is 0 Å². The molecule has 0 aliphatic carbocycles. The summed E-state index contributed by atoms with van der Waals surface area (Å²) in [6.07, 6.45) is 5.55. The molecule has 4 rings (SSSR count). The van der Waals surface area contributed by atoms with E-state index in [1.807, 2.05) is 36.0 Å². The molecule has 4 aromatic rings. The molecule has 1 aromatic carbocycles. The Labute approximate surface area is 163 Å². The molecule has 3 aromatic heterocycles. The average molecular weight is 429 g/mol. The van der Waals surface area contributed by atoms with Crippen molar-refractivity contribution >= 4 is 33.1 Å². The standard InChI is InChI=1S/C18H17BrN6S/c1-13-22-23-18-17(20-7-8-25(13)18)12-24(11-16-5-6-21-26-16)10-14-3-2-4-15(19)9-14/h2-9H,10-12H2,1H3. The SMILES string of the molecule is Cc1nnc2c(CN(Cc3cccc(Br)c3)Cc3ccns3)nccn12. The Balaban J connectivity index is 1.63. The highest BCUT2D eigenvalue weighted by Crippen LogP contribution is 2.19. The van der Waals surface area contributed by atoms with Crippen LogP contribution in [-0.4, -0.2) is 28.9 Å². The van der Waals surface area contributed by atoms with E-state index >= 15 is 0 Å². The summed E-state index contributed by atoms with van der Waals surface area (Å²) in [7, 11) is 0. The summed E-state index contributed by atoms with van der Waals surface area (Å²) in [5, 5.41) is 8.47. The van der Waals surface area contributed by atoms with Gasteiger partial charge in [0.2, 0.25) is 0 Å². The highest BCUT2D eigenvalue weighted by atomic mass is 79.9. The van der Waals surface area contributed by atoms with Gasteiger partial charge in [-0.1, -0.05) is 28.1 Å². The number of aromatic nitrogens is 5. The average Bonchev–Trinajstić information content (AvgIpc) is 3.26. The molecule has 0 aliphatic rings. The first-order valence-corrected chi connectivity index (χ1v) is 9.77. The molecule has 8 heteroatoms. The molecule has 0 saturated carbocycles. The molecule has 0 aliphatic heterocycles. The Bertz CT molecular complexity index is 1010. The van der Waals surface area contributed by atoms with E-state index < -0.39 is 0 Å². The van der Waals surface area contributed by atoms with Gasteiger partial charge in [0.05, 0.1) is 5.69 Å². The minimum atomic E-state index is 0.687. The lowest BCUT2D eigenvalue weighted by Gasteiger charge is -2.21. The minimum absolute atomic E-state index is 0.687. The quantitative estimate of drug-likeness (QED) is 0.466. The fourth-order valence-electron chi connectivity index (χ4n) is 2.92. The molecule has 6 nitrogen and oxygen atoms in total. The van der Waals surface area contributed by atoms with Crippen molar-refractivity contribution in [3.63, 3.8) is 0 Å². The summed E-state index contributed by atoms with van der Waals surface area (Å²) < 4.78 is 7.28. The smallest absolute Gasteiger partial charge is 0.183 e. The van der Waals surface area contributed by atoms with E-state index in [0.717, 1.165) is 34.7 Å². The van der Waals surface area contributed by atoms with Crippen LogP contribution in [0, 0.1) is 6.92 Å². The van der Waals surface area contributed by atoms with E-state index in [-0.39, 0.29) is 0 Å². The molecule has 0 radical (unpaired) electrons. The summed E-state index contributed by atoms with van der Waals surface area (Å²) in [5.41, 5.74) is 2.98. The first-order valence-electron chi connectivity index (χ1n) is 8.20. The third-order valence-electron chi connectivity index (χ3n) is 4.11. The molecule has 0 spiro atoms. The maximum atomic E-state index is 4.56. The van der Waals surface area contributed by atoms with Crippen molar-refractivity contribution in [2.24, 2.45) is 0 Å². The summed E-state index contributed by atoms with van der Waals surface area (Å²) in [6, 6.07) is 10.5. The van der Waals surface area contributed by atoms with Gasteiger partial charge >= 0.3 is 0 Å². The van der Waals surface area contributed by atoms with Crippen LogP contribution < -0.4 is 0 Å². The Morgan fingerprint density at radius 2 is 2.04 bits per heavy atom. The molecular formula is C18H17BrN6S. The third-order valence-corrected chi connectivity index (χ3v) is 5.33. The van der Waals surface area contributed by atoms with Gasteiger partial charge < -0.3 is 0 Å². The van der Waals surface area contributed by atoms with Crippen LogP contribution in [-0.2, 0) is 19.6 Å². The van der Waals surface area contributed by atoms with Crippen molar-refractivity contribution in [2.45, 2.75) is 26.6 Å². The lowest BCUT2D eigenvalue weighted by Crippen LogP contribution is -2.23. The zero-order chi connectivity index (χ0) is 17.9. The monoisotopic (exact) mass is 428 g/mol. The van der Waals surface area contributed by atoms with Gasteiger partial charge in [-0.2, -0.15) is 0 Å². The largest absolute Gasteiger partial charge is 0.288 e. The number of nitrogens with zero attached hydrogens (tertiary/aromatic N) is 6. The lowest BCUT2D eigenvalue weighted by molar-refractivity contribution is 0.247. The molecule has 0 saturated heterocycles. The lowest BCUT2D eigenvalue weighted by atomic mass is 10.2. The zero-order valence-electron chi connectivity index (χ0n) is 14.2. The summed E-state index contributed by atoms with van der Waals surface area (Å²) in [4.78, 5) is 8.14. The van der Waals surface area contributed by atoms with Crippen LogP contribution in [0.3, 0.4) is 0 Å². The van der Waals surface area contributed by atoms with Crippen LogP contribution >= 0.6 is 27.5 Å².